The number of hydrogen-bond acceptors (Lipinski definition) is 5. The molecule has 16 heavy (non-hydrogen) atoms. The molecule has 0 bridgehead atoms. The van der Waals surface area contributed by atoms with Gasteiger partial charge in [-0.1, -0.05) is 0 Å². The molecule has 1 saturated heterocycles. The second-order valence-electron chi connectivity index (χ2n) is 4.12. The molecule has 1 aliphatic heterocycles. The Hall–Kier alpha value is -0.660. The Labute approximate surface area is 95.3 Å². The molecule has 7 heteroatoms. The standard InChI is InChI=1S/C9H18N2O4S/c1-7(12)5-11-9(13)4-8-6-16(14,15)3-2-10-8/h7-8,10,12H,2-6H2,1H3,(H,11,13). The van der Waals surface area contributed by atoms with Crippen LogP contribution in [0.4, 0.5) is 0 Å². The van der Waals surface area contributed by atoms with Crippen molar-refractivity contribution in [3.05, 3.63) is 0 Å². The summed E-state index contributed by atoms with van der Waals surface area (Å²) in [5.41, 5.74) is 0. The van der Waals surface area contributed by atoms with E-state index in [0.29, 0.717) is 6.54 Å². The molecule has 0 spiro atoms. The van der Waals surface area contributed by atoms with Crippen molar-refractivity contribution in [1.29, 1.82) is 0 Å². The highest BCUT2D eigenvalue weighted by Gasteiger charge is 2.25. The zero-order chi connectivity index (χ0) is 12.2. The fraction of sp³-hybridized carbons (Fsp3) is 0.889. The predicted molar refractivity (Wildman–Crippen MR) is 59.8 cm³/mol. The minimum Gasteiger partial charge on any atom is -0.392 e. The van der Waals surface area contributed by atoms with Gasteiger partial charge in [0.25, 0.3) is 0 Å². The number of aliphatic hydroxyl groups is 1. The minimum atomic E-state index is -3.00. The van der Waals surface area contributed by atoms with Crippen molar-refractivity contribution in [3.8, 4) is 0 Å². The highest BCUT2D eigenvalue weighted by molar-refractivity contribution is 7.91. The summed E-state index contributed by atoms with van der Waals surface area (Å²) in [4.78, 5) is 11.4. The molecule has 0 aromatic carbocycles. The molecular formula is C9H18N2O4S. The third-order valence-electron chi connectivity index (χ3n) is 2.33. The molecule has 2 atom stereocenters. The lowest BCUT2D eigenvalue weighted by Crippen LogP contribution is -2.47. The van der Waals surface area contributed by atoms with Crippen LogP contribution in [0, 0.1) is 0 Å². The molecule has 1 fully saturated rings. The Morgan fingerprint density at radius 2 is 2.31 bits per heavy atom. The first-order chi connectivity index (χ1) is 7.39. The van der Waals surface area contributed by atoms with Gasteiger partial charge in [-0.2, -0.15) is 0 Å². The SMILES string of the molecule is CC(O)CNC(=O)CC1CS(=O)(=O)CCN1. The third kappa shape index (κ3) is 4.91. The quantitative estimate of drug-likeness (QED) is 0.550. The number of carbonyl (C=O) groups excluding carboxylic acids is 1. The largest absolute Gasteiger partial charge is 0.392 e. The summed E-state index contributed by atoms with van der Waals surface area (Å²) in [7, 11) is -3.00. The molecule has 1 amide bonds. The second-order valence-corrected chi connectivity index (χ2v) is 6.35. The van der Waals surface area contributed by atoms with Crippen LogP contribution in [-0.4, -0.2) is 56.2 Å². The number of nitrogens with one attached hydrogen (secondary N) is 2. The smallest absolute Gasteiger partial charge is 0.221 e. The number of sulfone groups is 1. The Bertz CT molecular complexity index is 339. The lowest BCUT2D eigenvalue weighted by atomic mass is 10.2. The topological polar surface area (TPSA) is 95.5 Å². The van der Waals surface area contributed by atoms with Gasteiger partial charge in [0, 0.05) is 25.6 Å². The molecule has 0 aromatic heterocycles. The van der Waals surface area contributed by atoms with Gasteiger partial charge in [-0.3, -0.25) is 4.79 Å². The maximum atomic E-state index is 11.4. The lowest BCUT2D eigenvalue weighted by molar-refractivity contribution is -0.121. The first kappa shape index (κ1) is 13.4. The molecule has 1 heterocycles. The summed E-state index contributed by atoms with van der Waals surface area (Å²) in [6, 6.07) is -0.312. The average Bonchev–Trinajstić information content (AvgIpc) is 2.13. The number of rotatable bonds is 4. The van der Waals surface area contributed by atoms with E-state index < -0.39 is 15.9 Å². The van der Waals surface area contributed by atoms with E-state index in [0.717, 1.165) is 0 Å². The zero-order valence-electron chi connectivity index (χ0n) is 9.27. The van der Waals surface area contributed by atoms with Gasteiger partial charge >= 0.3 is 0 Å². The number of hydrogen-bond donors (Lipinski definition) is 3. The van der Waals surface area contributed by atoms with Gasteiger partial charge in [0.1, 0.15) is 0 Å². The molecule has 1 rings (SSSR count). The van der Waals surface area contributed by atoms with Crippen LogP contribution in [0.25, 0.3) is 0 Å². The highest BCUT2D eigenvalue weighted by atomic mass is 32.2. The van der Waals surface area contributed by atoms with Crippen LogP contribution in [-0.2, 0) is 14.6 Å². The van der Waals surface area contributed by atoms with Crippen molar-refractivity contribution in [3.63, 3.8) is 0 Å². The van der Waals surface area contributed by atoms with Crippen molar-refractivity contribution in [2.45, 2.75) is 25.5 Å². The van der Waals surface area contributed by atoms with E-state index in [1.54, 1.807) is 6.92 Å². The van der Waals surface area contributed by atoms with E-state index in [2.05, 4.69) is 10.6 Å². The number of amides is 1. The van der Waals surface area contributed by atoms with Gasteiger partial charge in [0.05, 0.1) is 17.6 Å². The molecule has 1 aliphatic rings. The molecule has 0 aliphatic carbocycles. The van der Waals surface area contributed by atoms with Crippen LogP contribution in [0.5, 0.6) is 0 Å². The first-order valence-corrected chi connectivity index (χ1v) is 7.10. The van der Waals surface area contributed by atoms with E-state index in [4.69, 9.17) is 5.11 Å². The van der Waals surface area contributed by atoms with Gasteiger partial charge in [-0.15, -0.1) is 0 Å². The Morgan fingerprint density at radius 3 is 2.88 bits per heavy atom. The number of aliphatic hydroxyl groups excluding tert-OH is 1. The van der Waals surface area contributed by atoms with Crippen LogP contribution in [0.2, 0.25) is 0 Å². The van der Waals surface area contributed by atoms with Gasteiger partial charge in [0.15, 0.2) is 9.84 Å². The molecule has 3 N–H and O–H groups in total. The van der Waals surface area contributed by atoms with E-state index in [-0.39, 0.29) is 36.4 Å². The fourth-order valence-corrected chi connectivity index (χ4v) is 3.00. The van der Waals surface area contributed by atoms with Crippen molar-refractivity contribution in [1.82, 2.24) is 10.6 Å². The third-order valence-corrected chi connectivity index (χ3v) is 4.06. The monoisotopic (exact) mass is 250 g/mol. The Morgan fingerprint density at radius 1 is 1.62 bits per heavy atom. The van der Waals surface area contributed by atoms with Gasteiger partial charge in [-0.05, 0) is 6.92 Å². The average molecular weight is 250 g/mol. The van der Waals surface area contributed by atoms with Crippen molar-refractivity contribution >= 4 is 15.7 Å². The van der Waals surface area contributed by atoms with Crippen LogP contribution in [0.1, 0.15) is 13.3 Å². The maximum Gasteiger partial charge on any atom is 0.221 e. The maximum absolute atomic E-state index is 11.4. The summed E-state index contributed by atoms with van der Waals surface area (Å²) in [5, 5.41) is 14.5. The van der Waals surface area contributed by atoms with E-state index in [9.17, 15) is 13.2 Å². The molecule has 2 unspecified atom stereocenters. The first-order valence-electron chi connectivity index (χ1n) is 5.27. The van der Waals surface area contributed by atoms with Crippen LogP contribution in [0.15, 0.2) is 0 Å². The molecule has 94 valence electrons. The number of carbonyl (C=O) groups is 1. The summed E-state index contributed by atoms with van der Waals surface area (Å²) in [5.74, 6) is -0.0936. The summed E-state index contributed by atoms with van der Waals surface area (Å²) >= 11 is 0. The molecule has 0 radical (unpaired) electrons. The van der Waals surface area contributed by atoms with Gasteiger partial charge < -0.3 is 15.7 Å². The Balaban J connectivity index is 2.34. The van der Waals surface area contributed by atoms with Crippen LogP contribution < -0.4 is 10.6 Å². The fourth-order valence-electron chi connectivity index (χ4n) is 1.56. The zero-order valence-corrected chi connectivity index (χ0v) is 10.1. The summed E-state index contributed by atoms with van der Waals surface area (Å²) in [6.07, 6.45) is -0.460. The van der Waals surface area contributed by atoms with E-state index >= 15 is 0 Å². The van der Waals surface area contributed by atoms with E-state index in [1.807, 2.05) is 0 Å². The van der Waals surface area contributed by atoms with Gasteiger partial charge in [0.2, 0.25) is 5.91 Å². The normalized spacial score (nSPS) is 26.0. The second kappa shape index (κ2) is 5.60. The summed E-state index contributed by atoms with van der Waals surface area (Å²) in [6.45, 7) is 2.17. The lowest BCUT2D eigenvalue weighted by Gasteiger charge is -2.23. The molecule has 0 saturated carbocycles. The van der Waals surface area contributed by atoms with Crippen LogP contribution >= 0.6 is 0 Å². The van der Waals surface area contributed by atoms with Crippen molar-refractivity contribution in [2.24, 2.45) is 0 Å². The minimum absolute atomic E-state index is 0.00903. The highest BCUT2D eigenvalue weighted by Crippen LogP contribution is 2.04. The molecule has 6 nitrogen and oxygen atoms in total. The Kier molecular flexibility index (Phi) is 4.69. The van der Waals surface area contributed by atoms with Crippen LogP contribution in [0.3, 0.4) is 0 Å². The predicted octanol–water partition coefficient (Wildman–Crippen LogP) is -1.74. The summed E-state index contributed by atoms with van der Waals surface area (Å²) < 4.78 is 22.6. The van der Waals surface area contributed by atoms with Gasteiger partial charge in [-0.25, -0.2) is 8.42 Å². The van der Waals surface area contributed by atoms with Crippen molar-refractivity contribution < 1.29 is 18.3 Å². The van der Waals surface area contributed by atoms with Crippen molar-refractivity contribution in [2.75, 3.05) is 24.6 Å². The molecular weight excluding hydrogens is 232 g/mol. The van der Waals surface area contributed by atoms with E-state index in [1.165, 1.54) is 0 Å². The molecule has 0 aromatic rings.